The van der Waals surface area contributed by atoms with Gasteiger partial charge in [-0.05, 0) is 11.8 Å². The van der Waals surface area contributed by atoms with Gasteiger partial charge in [-0.3, -0.25) is 0 Å². The Labute approximate surface area is 108 Å². The van der Waals surface area contributed by atoms with E-state index in [4.69, 9.17) is 0 Å². The molecule has 0 aromatic carbocycles. The first-order chi connectivity index (χ1) is 7.68. The first kappa shape index (κ1) is 14.5. The minimum atomic E-state index is -1.20. The lowest BCUT2D eigenvalue weighted by Crippen LogP contribution is -2.46. The summed E-state index contributed by atoms with van der Waals surface area (Å²) in [4.78, 5) is 0. The van der Waals surface area contributed by atoms with Gasteiger partial charge in [0.1, 0.15) is 8.07 Å². The van der Waals surface area contributed by atoms with Crippen LogP contribution >= 0.6 is 0 Å². The molecule has 0 aromatic heterocycles. The van der Waals surface area contributed by atoms with Crippen molar-refractivity contribution in [1.82, 2.24) is 5.32 Å². The van der Waals surface area contributed by atoms with E-state index in [9.17, 15) is 0 Å². The van der Waals surface area contributed by atoms with Gasteiger partial charge in [-0.1, -0.05) is 52.6 Å². The van der Waals surface area contributed by atoms with Crippen LogP contribution in [0.3, 0.4) is 0 Å². The fourth-order valence-electron chi connectivity index (χ4n) is 1.88. The maximum absolute atomic E-state index is 3.71. The summed E-state index contributed by atoms with van der Waals surface area (Å²) >= 11 is 0. The highest BCUT2D eigenvalue weighted by molar-refractivity contribution is 6.83. The number of rotatable bonds is 1. The maximum Gasteiger partial charge on any atom is 0.129 e. The molecule has 2 heteroatoms. The smallest absolute Gasteiger partial charge is 0.129 e. The summed E-state index contributed by atoms with van der Waals surface area (Å²) in [6.45, 7) is 13.7. The molecule has 0 saturated carbocycles. The van der Waals surface area contributed by atoms with E-state index in [1.165, 1.54) is 0 Å². The summed E-state index contributed by atoms with van der Waals surface area (Å²) in [7, 11) is -1.20. The molecule has 0 aromatic rings. The highest BCUT2D eigenvalue weighted by Crippen LogP contribution is 2.24. The zero-order valence-electron chi connectivity index (χ0n) is 12.2. The van der Waals surface area contributed by atoms with Crippen molar-refractivity contribution >= 4 is 8.07 Å². The van der Waals surface area contributed by atoms with Gasteiger partial charge < -0.3 is 5.32 Å². The third-order valence-electron chi connectivity index (χ3n) is 2.91. The molecule has 1 rings (SSSR count). The van der Waals surface area contributed by atoms with E-state index in [0.29, 0.717) is 17.5 Å². The van der Waals surface area contributed by atoms with E-state index < -0.39 is 8.07 Å². The molecule has 1 aliphatic heterocycles. The van der Waals surface area contributed by atoms with E-state index in [2.05, 4.69) is 69.3 Å². The van der Waals surface area contributed by atoms with Crippen LogP contribution in [0.4, 0.5) is 0 Å². The Morgan fingerprint density at radius 1 is 1.29 bits per heavy atom. The molecule has 0 aliphatic carbocycles. The topological polar surface area (TPSA) is 12.0 Å². The summed E-state index contributed by atoms with van der Waals surface area (Å²) in [5.41, 5.74) is 3.74. The average Bonchev–Trinajstić information content (AvgIpc) is 2.15. The molecule has 0 bridgehead atoms. The fourth-order valence-corrected chi connectivity index (χ4v) is 2.51. The van der Waals surface area contributed by atoms with Gasteiger partial charge in [0.2, 0.25) is 0 Å². The van der Waals surface area contributed by atoms with Crippen LogP contribution in [0, 0.1) is 16.9 Å². The van der Waals surface area contributed by atoms with Crippen molar-refractivity contribution in [3.63, 3.8) is 0 Å². The predicted molar refractivity (Wildman–Crippen MR) is 79.7 cm³/mol. The summed E-state index contributed by atoms with van der Waals surface area (Å²) in [6.07, 6.45) is 6.73. The molecule has 96 valence electrons. The monoisotopic (exact) mass is 249 g/mol. The normalized spacial score (nSPS) is 25.3. The van der Waals surface area contributed by atoms with Crippen molar-refractivity contribution in [1.29, 1.82) is 0 Å². The molecular formula is C15H27NSi. The molecule has 1 nitrogen and oxygen atoms in total. The third kappa shape index (κ3) is 5.56. The fraction of sp³-hybridized carbons (Fsp3) is 0.733. The molecule has 2 atom stereocenters. The molecule has 0 saturated heterocycles. The van der Waals surface area contributed by atoms with Gasteiger partial charge in [0.25, 0.3) is 0 Å². The van der Waals surface area contributed by atoms with Gasteiger partial charge in [0.05, 0.1) is 0 Å². The minimum Gasteiger partial charge on any atom is -0.306 e. The Morgan fingerprint density at radius 2 is 1.94 bits per heavy atom. The lowest BCUT2D eigenvalue weighted by Gasteiger charge is -2.35. The second-order valence-electron chi connectivity index (χ2n) is 7.13. The molecule has 1 aliphatic rings. The standard InChI is InChI=1S/C15H27NSi/c1-15(2,3)14-11-7-9-13(16-14)10-8-12-17(4,5)6/h7,11,13-14,16H,9-10H2,1-6H3/t13-,14-/m0/s1. The predicted octanol–water partition coefficient (Wildman–Crippen LogP) is 3.59. The van der Waals surface area contributed by atoms with Crippen molar-refractivity contribution in [3.05, 3.63) is 12.2 Å². The third-order valence-corrected chi connectivity index (χ3v) is 3.84. The van der Waals surface area contributed by atoms with Crippen LogP contribution < -0.4 is 5.32 Å². The molecule has 1 heterocycles. The molecule has 17 heavy (non-hydrogen) atoms. The van der Waals surface area contributed by atoms with Crippen molar-refractivity contribution in [2.75, 3.05) is 0 Å². The molecule has 0 spiro atoms. The van der Waals surface area contributed by atoms with Gasteiger partial charge in [0, 0.05) is 18.5 Å². The summed E-state index contributed by atoms with van der Waals surface area (Å²) < 4.78 is 0. The Balaban J connectivity index is 2.53. The zero-order valence-corrected chi connectivity index (χ0v) is 13.2. The molecule has 0 fully saturated rings. The van der Waals surface area contributed by atoms with Gasteiger partial charge in [-0.25, -0.2) is 0 Å². The highest BCUT2D eigenvalue weighted by atomic mass is 28.3. The lowest BCUT2D eigenvalue weighted by atomic mass is 9.84. The Hall–Kier alpha value is -0.523. The second kappa shape index (κ2) is 5.41. The first-order valence-electron chi connectivity index (χ1n) is 6.61. The van der Waals surface area contributed by atoms with Crippen LogP contribution in [0.25, 0.3) is 0 Å². The number of hydrogen-bond acceptors (Lipinski definition) is 1. The second-order valence-corrected chi connectivity index (χ2v) is 11.9. The van der Waals surface area contributed by atoms with Gasteiger partial charge >= 0.3 is 0 Å². The zero-order chi connectivity index (χ0) is 13.1. The minimum absolute atomic E-state index is 0.293. The van der Waals surface area contributed by atoms with Crippen LogP contribution in [-0.2, 0) is 0 Å². The molecule has 0 amide bonds. The molecule has 1 N–H and O–H groups in total. The summed E-state index contributed by atoms with van der Waals surface area (Å²) in [6, 6.07) is 1.02. The van der Waals surface area contributed by atoms with Crippen molar-refractivity contribution in [2.24, 2.45) is 5.41 Å². The van der Waals surface area contributed by atoms with Crippen LogP contribution in [0.2, 0.25) is 19.6 Å². The Kier molecular flexibility index (Phi) is 4.63. The van der Waals surface area contributed by atoms with E-state index in [1.807, 2.05) is 0 Å². The molecular weight excluding hydrogens is 222 g/mol. The van der Waals surface area contributed by atoms with Crippen LogP contribution in [0.1, 0.15) is 33.6 Å². The van der Waals surface area contributed by atoms with E-state index in [1.54, 1.807) is 0 Å². The van der Waals surface area contributed by atoms with Gasteiger partial charge in [0.15, 0.2) is 0 Å². The van der Waals surface area contributed by atoms with E-state index in [0.717, 1.165) is 12.8 Å². The van der Waals surface area contributed by atoms with Crippen LogP contribution in [-0.4, -0.2) is 20.2 Å². The largest absolute Gasteiger partial charge is 0.306 e. The van der Waals surface area contributed by atoms with Gasteiger partial charge in [-0.15, -0.1) is 11.5 Å². The van der Waals surface area contributed by atoms with Crippen LogP contribution in [0.15, 0.2) is 12.2 Å². The average molecular weight is 249 g/mol. The maximum atomic E-state index is 3.71. The number of nitrogens with one attached hydrogen (secondary N) is 1. The molecule has 0 unspecified atom stereocenters. The van der Waals surface area contributed by atoms with Gasteiger partial charge in [-0.2, -0.15) is 0 Å². The molecule has 0 radical (unpaired) electrons. The Bertz CT molecular complexity index is 333. The quantitative estimate of drug-likeness (QED) is 0.425. The highest BCUT2D eigenvalue weighted by Gasteiger charge is 2.26. The van der Waals surface area contributed by atoms with E-state index >= 15 is 0 Å². The summed E-state index contributed by atoms with van der Waals surface area (Å²) in [5.74, 6) is 3.38. The first-order valence-corrected chi connectivity index (χ1v) is 10.1. The van der Waals surface area contributed by atoms with Crippen molar-refractivity contribution in [3.8, 4) is 11.5 Å². The summed E-state index contributed by atoms with van der Waals surface area (Å²) in [5, 5.41) is 3.71. The van der Waals surface area contributed by atoms with Crippen LogP contribution in [0.5, 0.6) is 0 Å². The van der Waals surface area contributed by atoms with E-state index in [-0.39, 0.29) is 0 Å². The Morgan fingerprint density at radius 3 is 2.47 bits per heavy atom. The SMILES string of the molecule is CC(C)(C)[C@@H]1C=CC[C@@H](CC#C[Si](C)(C)C)N1. The lowest BCUT2D eigenvalue weighted by molar-refractivity contribution is 0.279. The number of hydrogen-bond donors (Lipinski definition) is 1. The van der Waals surface area contributed by atoms with Crippen molar-refractivity contribution < 1.29 is 0 Å². The van der Waals surface area contributed by atoms with Crippen molar-refractivity contribution in [2.45, 2.75) is 65.3 Å².